The molecular weight excluding hydrogens is 204 g/mol. The summed E-state index contributed by atoms with van der Waals surface area (Å²) in [7, 11) is 0. The molecule has 0 aliphatic carbocycles. The fourth-order valence-electron chi connectivity index (χ4n) is 2.20. The van der Waals surface area contributed by atoms with Gasteiger partial charge < -0.3 is 15.2 Å². The van der Waals surface area contributed by atoms with E-state index in [1.807, 2.05) is 12.1 Å². The highest BCUT2D eigenvalue weighted by molar-refractivity contribution is 5.97. The van der Waals surface area contributed by atoms with Crippen LogP contribution in [0.5, 0.6) is 5.75 Å². The summed E-state index contributed by atoms with van der Waals surface area (Å²) >= 11 is 0. The summed E-state index contributed by atoms with van der Waals surface area (Å²) in [6, 6.07) is 7.35. The molecule has 2 heterocycles. The summed E-state index contributed by atoms with van der Waals surface area (Å²) in [4.78, 5) is 4.51. The van der Waals surface area contributed by atoms with E-state index in [0.29, 0.717) is 11.5 Å². The van der Waals surface area contributed by atoms with E-state index in [1.165, 1.54) is 0 Å². The van der Waals surface area contributed by atoms with Crippen LogP contribution in [0.25, 0.3) is 0 Å². The molecule has 0 aromatic heterocycles. The molecule has 1 aromatic carbocycles. The van der Waals surface area contributed by atoms with Gasteiger partial charge in [0, 0.05) is 6.54 Å². The van der Waals surface area contributed by atoms with Gasteiger partial charge in [-0.15, -0.1) is 0 Å². The lowest BCUT2D eigenvalue weighted by atomic mass is 10.1. The number of ether oxygens (including phenoxy) is 1. The minimum Gasteiger partial charge on any atom is -0.507 e. The fraction of sp³-hybridized carbons (Fsp3) is 0.417. The highest BCUT2D eigenvalue weighted by Crippen LogP contribution is 2.26. The van der Waals surface area contributed by atoms with Crippen LogP contribution in [0.4, 0.5) is 0 Å². The first-order chi connectivity index (χ1) is 7.84. The number of phenolic OH excluding ortho intramolecular Hbond substituents is 1. The molecule has 1 saturated heterocycles. The Labute approximate surface area is 94.0 Å². The molecule has 0 saturated carbocycles. The second-order valence-electron chi connectivity index (χ2n) is 4.17. The van der Waals surface area contributed by atoms with Crippen molar-refractivity contribution in [1.82, 2.24) is 5.32 Å². The van der Waals surface area contributed by atoms with Gasteiger partial charge >= 0.3 is 0 Å². The standard InChI is InChI=1S/C12H14N2O2/c15-10-4-2-1-3-8(10)12-14-9-7-13-6-5-11(9)16-12/h1-4,9,11,13,15H,5-7H2. The number of nitrogens with zero attached hydrogens (tertiary/aromatic N) is 1. The van der Waals surface area contributed by atoms with Gasteiger partial charge in [0.25, 0.3) is 0 Å². The van der Waals surface area contributed by atoms with Crippen molar-refractivity contribution in [1.29, 1.82) is 0 Å². The lowest BCUT2D eigenvalue weighted by molar-refractivity contribution is 0.161. The number of nitrogens with one attached hydrogen (secondary N) is 1. The Bertz CT molecular complexity index is 431. The smallest absolute Gasteiger partial charge is 0.220 e. The molecule has 0 radical (unpaired) electrons. The van der Waals surface area contributed by atoms with Crippen molar-refractivity contribution in [3.05, 3.63) is 29.8 Å². The SMILES string of the molecule is Oc1ccccc1C1=NC2CNCCC2O1. The minimum absolute atomic E-state index is 0.177. The van der Waals surface area contributed by atoms with Gasteiger partial charge in [-0.25, -0.2) is 4.99 Å². The Morgan fingerprint density at radius 1 is 1.38 bits per heavy atom. The van der Waals surface area contributed by atoms with Gasteiger partial charge in [0.2, 0.25) is 5.90 Å². The topological polar surface area (TPSA) is 53.9 Å². The van der Waals surface area contributed by atoms with Crippen LogP contribution < -0.4 is 5.32 Å². The molecule has 4 nitrogen and oxygen atoms in total. The third kappa shape index (κ3) is 1.55. The molecule has 4 heteroatoms. The van der Waals surface area contributed by atoms with Crippen LogP contribution in [0.1, 0.15) is 12.0 Å². The molecule has 2 unspecified atom stereocenters. The van der Waals surface area contributed by atoms with Crippen LogP contribution in [-0.4, -0.2) is 36.2 Å². The number of hydrogen-bond donors (Lipinski definition) is 2. The molecule has 2 N–H and O–H groups in total. The minimum atomic E-state index is 0.177. The normalized spacial score (nSPS) is 28.1. The van der Waals surface area contributed by atoms with Crippen molar-refractivity contribution in [2.24, 2.45) is 4.99 Å². The zero-order valence-corrected chi connectivity index (χ0v) is 8.89. The maximum atomic E-state index is 9.73. The van der Waals surface area contributed by atoms with Gasteiger partial charge in [-0.2, -0.15) is 0 Å². The maximum Gasteiger partial charge on any atom is 0.220 e. The molecule has 0 bridgehead atoms. The van der Waals surface area contributed by atoms with E-state index in [4.69, 9.17) is 4.74 Å². The van der Waals surface area contributed by atoms with Crippen molar-refractivity contribution < 1.29 is 9.84 Å². The number of benzene rings is 1. The zero-order valence-electron chi connectivity index (χ0n) is 8.89. The summed E-state index contributed by atoms with van der Waals surface area (Å²) in [5.74, 6) is 0.810. The number of piperidine rings is 1. The van der Waals surface area contributed by atoms with Gasteiger partial charge in [0.1, 0.15) is 17.9 Å². The highest BCUT2D eigenvalue weighted by Gasteiger charge is 2.34. The van der Waals surface area contributed by atoms with Crippen molar-refractivity contribution in [2.45, 2.75) is 18.6 Å². The van der Waals surface area contributed by atoms with Crippen LogP contribution in [0.15, 0.2) is 29.3 Å². The first kappa shape index (κ1) is 9.66. The Morgan fingerprint density at radius 3 is 3.06 bits per heavy atom. The number of para-hydroxylation sites is 1. The second-order valence-corrected chi connectivity index (χ2v) is 4.17. The van der Waals surface area contributed by atoms with Crippen LogP contribution in [-0.2, 0) is 4.74 Å². The molecule has 2 aliphatic rings. The summed E-state index contributed by atoms with van der Waals surface area (Å²) in [5.41, 5.74) is 0.692. The van der Waals surface area contributed by atoms with E-state index >= 15 is 0 Å². The van der Waals surface area contributed by atoms with Crippen LogP contribution >= 0.6 is 0 Å². The Kier molecular flexibility index (Phi) is 2.29. The van der Waals surface area contributed by atoms with Crippen LogP contribution in [0.2, 0.25) is 0 Å². The molecule has 0 spiro atoms. The molecule has 3 rings (SSSR count). The summed E-state index contributed by atoms with van der Waals surface area (Å²) in [6.45, 7) is 1.84. The van der Waals surface area contributed by atoms with Crippen molar-refractivity contribution in [2.75, 3.05) is 13.1 Å². The third-order valence-electron chi connectivity index (χ3n) is 3.07. The number of fused-ring (bicyclic) bond motifs is 1. The van der Waals surface area contributed by atoms with Crippen LogP contribution in [0, 0.1) is 0 Å². The zero-order chi connectivity index (χ0) is 11.0. The maximum absolute atomic E-state index is 9.73. The number of phenols is 1. The summed E-state index contributed by atoms with van der Waals surface area (Å²) in [6.07, 6.45) is 1.15. The van der Waals surface area contributed by atoms with E-state index in [9.17, 15) is 5.11 Å². The molecule has 1 aromatic rings. The monoisotopic (exact) mass is 218 g/mol. The fourth-order valence-corrected chi connectivity index (χ4v) is 2.20. The first-order valence-corrected chi connectivity index (χ1v) is 5.58. The van der Waals surface area contributed by atoms with E-state index in [2.05, 4.69) is 10.3 Å². The van der Waals surface area contributed by atoms with Crippen LogP contribution in [0.3, 0.4) is 0 Å². The Balaban J connectivity index is 1.89. The van der Waals surface area contributed by atoms with Gasteiger partial charge in [0.15, 0.2) is 0 Å². The van der Waals surface area contributed by atoms with Crippen molar-refractivity contribution in [3.8, 4) is 5.75 Å². The lowest BCUT2D eigenvalue weighted by Gasteiger charge is -2.23. The lowest BCUT2D eigenvalue weighted by Crippen LogP contribution is -2.41. The molecule has 2 atom stereocenters. The molecule has 1 fully saturated rings. The average Bonchev–Trinajstić information content (AvgIpc) is 2.73. The first-order valence-electron chi connectivity index (χ1n) is 5.58. The quantitative estimate of drug-likeness (QED) is 0.736. The number of aromatic hydroxyl groups is 1. The van der Waals surface area contributed by atoms with Gasteiger partial charge in [-0.1, -0.05) is 12.1 Å². The molecule has 84 valence electrons. The highest BCUT2D eigenvalue weighted by atomic mass is 16.5. The van der Waals surface area contributed by atoms with Gasteiger partial charge in [-0.05, 0) is 25.1 Å². The van der Waals surface area contributed by atoms with E-state index in [0.717, 1.165) is 19.5 Å². The Hall–Kier alpha value is -1.55. The van der Waals surface area contributed by atoms with Gasteiger partial charge in [-0.3, -0.25) is 0 Å². The number of hydrogen-bond acceptors (Lipinski definition) is 4. The van der Waals surface area contributed by atoms with Crippen molar-refractivity contribution in [3.63, 3.8) is 0 Å². The predicted octanol–water partition coefficient (Wildman–Crippen LogP) is 0.899. The number of rotatable bonds is 1. The third-order valence-corrected chi connectivity index (χ3v) is 3.07. The van der Waals surface area contributed by atoms with Crippen molar-refractivity contribution >= 4 is 5.90 Å². The molecule has 16 heavy (non-hydrogen) atoms. The predicted molar refractivity (Wildman–Crippen MR) is 60.8 cm³/mol. The van der Waals surface area contributed by atoms with E-state index in [1.54, 1.807) is 12.1 Å². The number of aliphatic imine (C=N–C) groups is 1. The van der Waals surface area contributed by atoms with Gasteiger partial charge in [0.05, 0.1) is 5.56 Å². The Morgan fingerprint density at radius 2 is 2.25 bits per heavy atom. The summed E-state index contributed by atoms with van der Waals surface area (Å²) in [5, 5.41) is 13.0. The molecular formula is C12H14N2O2. The molecule has 0 amide bonds. The summed E-state index contributed by atoms with van der Waals surface area (Å²) < 4.78 is 5.78. The van der Waals surface area contributed by atoms with E-state index < -0.39 is 0 Å². The second kappa shape index (κ2) is 3.79. The molecule has 2 aliphatic heterocycles. The van der Waals surface area contributed by atoms with E-state index in [-0.39, 0.29) is 17.9 Å². The average molecular weight is 218 g/mol. The largest absolute Gasteiger partial charge is 0.507 e.